The maximum absolute atomic E-state index is 12.3. The summed E-state index contributed by atoms with van der Waals surface area (Å²) in [7, 11) is 0. The number of non-ortho nitro benzene ring substituents is 1. The van der Waals surface area contributed by atoms with E-state index in [1.54, 1.807) is 0 Å². The third-order valence-electron chi connectivity index (χ3n) is 3.32. The van der Waals surface area contributed by atoms with Gasteiger partial charge in [0.05, 0.1) is 18.7 Å². The zero-order valence-electron chi connectivity index (χ0n) is 14.0. The molecule has 2 rings (SSSR count). The molecular weight excluding hydrogens is 576 g/mol. The van der Waals surface area contributed by atoms with E-state index >= 15 is 0 Å². The molecule has 0 saturated heterocycles. The first kappa shape index (κ1) is 21.1. The largest absolute Gasteiger partial charge is 0.492 e. The van der Waals surface area contributed by atoms with Crippen molar-refractivity contribution in [1.29, 1.82) is 5.26 Å². The van der Waals surface area contributed by atoms with Crippen molar-refractivity contribution in [3.05, 3.63) is 64.8 Å². The zero-order chi connectivity index (χ0) is 20.0. The SMILES string of the molecule is CCOc1c(I)cc(/C=C(\C#N)C(=O)Nc2ccc([N+](=O)[O-])cc2)cc1I. The quantitative estimate of drug-likeness (QED) is 0.172. The summed E-state index contributed by atoms with van der Waals surface area (Å²) < 4.78 is 7.33. The number of nitro groups is 1. The van der Waals surface area contributed by atoms with Crippen LogP contribution in [0.2, 0.25) is 0 Å². The van der Waals surface area contributed by atoms with Crippen molar-refractivity contribution in [3.63, 3.8) is 0 Å². The molecule has 7 nitrogen and oxygen atoms in total. The standard InChI is InChI=1S/C18H13I2N3O4/c1-2-27-17-15(19)8-11(9-16(17)20)7-12(10-21)18(24)22-13-3-5-14(6-4-13)23(25)26/h3-9H,2H2,1H3,(H,22,24)/b12-7+. The van der Waals surface area contributed by atoms with Gasteiger partial charge in [-0.2, -0.15) is 5.26 Å². The molecule has 2 aromatic carbocycles. The van der Waals surface area contributed by atoms with E-state index in [4.69, 9.17) is 4.74 Å². The molecule has 0 spiro atoms. The highest BCUT2D eigenvalue weighted by atomic mass is 127. The topological polar surface area (TPSA) is 105 Å². The molecule has 0 unspecified atom stereocenters. The second kappa shape index (κ2) is 9.65. The van der Waals surface area contributed by atoms with Gasteiger partial charge in [-0.1, -0.05) is 0 Å². The van der Waals surface area contributed by atoms with E-state index in [0.29, 0.717) is 17.9 Å². The molecule has 0 aromatic heterocycles. The van der Waals surface area contributed by atoms with Crippen molar-refractivity contribution in [2.45, 2.75) is 6.92 Å². The Morgan fingerprint density at radius 3 is 2.37 bits per heavy atom. The van der Waals surface area contributed by atoms with Crippen LogP contribution in [0.15, 0.2) is 42.0 Å². The summed E-state index contributed by atoms with van der Waals surface area (Å²) in [4.78, 5) is 22.5. The fourth-order valence-electron chi connectivity index (χ4n) is 2.13. The van der Waals surface area contributed by atoms with Crippen LogP contribution >= 0.6 is 45.2 Å². The molecule has 0 bridgehead atoms. The molecular formula is C18H13I2N3O4. The van der Waals surface area contributed by atoms with E-state index < -0.39 is 10.8 Å². The molecule has 0 atom stereocenters. The summed E-state index contributed by atoms with van der Waals surface area (Å²) in [6.07, 6.45) is 1.49. The second-order valence-corrected chi connectivity index (χ2v) is 7.50. The molecule has 1 amide bonds. The monoisotopic (exact) mass is 589 g/mol. The van der Waals surface area contributed by atoms with Crippen molar-refractivity contribution >= 4 is 68.5 Å². The van der Waals surface area contributed by atoms with E-state index in [9.17, 15) is 20.2 Å². The van der Waals surface area contributed by atoms with Crippen LogP contribution in [0, 0.1) is 28.6 Å². The Bertz CT molecular complexity index is 927. The van der Waals surface area contributed by atoms with Gasteiger partial charge in [0.1, 0.15) is 17.4 Å². The number of carbonyl (C=O) groups is 1. The van der Waals surface area contributed by atoms with Crippen LogP contribution in [0.4, 0.5) is 11.4 Å². The first-order valence-corrected chi connectivity index (χ1v) is 9.81. The van der Waals surface area contributed by atoms with Gasteiger partial charge in [-0.05, 0) is 88.0 Å². The number of nitro benzene ring substituents is 1. The minimum atomic E-state index is -0.592. The Morgan fingerprint density at radius 2 is 1.89 bits per heavy atom. The minimum absolute atomic E-state index is 0.0795. The molecule has 0 radical (unpaired) electrons. The van der Waals surface area contributed by atoms with Crippen LogP contribution < -0.4 is 10.1 Å². The zero-order valence-corrected chi connectivity index (χ0v) is 18.3. The molecule has 2 aromatic rings. The minimum Gasteiger partial charge on any atom is -0.492 e. The van der Waals surface area contributed by atoms with Gasteiger partial charge in [0.15, 0.2) is 0 Å². The van der Waals surface area contributed by atoms with Gasteiger partial charge in [0.2, 0.25) is 0 Å². The average Bonchev–Trinajstić information content (AvgIpc) is 2.63. The summed E-state index contributed by atoms with van der Waals surface area (Å²) in [6.45, 7) is 2.44. The maximum Gasteiger partial charge on any atom is 0.269 e. The van der Waals surface area contributed by atoms with Crippen LogP contribution in [0.3, 0.4) is 0 Å². The fraction of sp³-hybridized carbons (Fsp3) is 0.111. The number of nitriles is 1. The molecule has 9 heteroatoms. The number of hydrogen-bond donors (Lipinski definition) is 1. The number of amides is 1. The molecule has 0 aliphatic rings. The molecule has 0 saturated carbocycles. The van der Waals surface area contributed by atoms with E-state index in [2.05, 4.69) is 50.5 Å². The van der Waals surface area contributed by atoms with Crippen molar-refractivity contribution in [3.8, 4) is 11.8 Å². The number of nitrogens with zero attached hydrogens (tertiary/aromatic N) is 2. The van der Waals surface area contributed by atoms with Crippen molar-refractivity contribution < 1.29 is 14.5 Å². The fourth-order valence-corrected chi connectivity index (χ4v) is 4.25. The van der Waals surface area contributed by atoms with Crippen molar-refractivity contribution in [1.82, 2.24) is 0 Å². The molecule has 0 aliphatic carbocycles. The highest BCUT2D eigenvalue weighted by molar-refractivity contribution is 14.1. The first-order valence-electron chi connectivity index (χ1n) is 7.65. The van der Waals surface area contributed by atoms with Crippen molar-refractivity contribution in [2.24, 2.45) is 0 Å². The lowest BCUT2D eigenvalue weighted by Gasteiger charge is -2.10. The number of anilines is 1. The Hall–Kier alpha value is -2.20. The van der Waals surface area contributed by atoms with Crippen LogP contribution in [0.25, 0.3) is 6.08 Å². The lowest BCUT2D eigenvalue weighted by molar-refractivity contribution is -0.384. The number of carbonyl (C=O) groups excluding carboxylic acids is 1. The van der Waals surface area contributed by atoms with Gasteiger partial charge in [0.25, 0.3) is 11.6 Å². The summed E-state index contributed by atoms with van der Waals surface area (Å²) in [6, 6.07) is 10.9. The van der Waals surface area contributed by atoms with Gasteiger partial charge < -0.3 is 10.1 Å². The second-order valence-electron chi connectivity index (χ2n) is 5.17. The predicted octanol–water partition coefficient (Wildman–Crippen LogP) is 4.75. The normalized spacial score (nSPS) is 10.8. The number of benzene rings is 2. The highest BCUT2D eigenvalue weighted by Crippen LogP contribution is 2.30. The van der Waals surface area contributed by atoms with Gasteiger partial charge in [-0.15, -0.1) is 0 Å². The summed E-state index contributed by atoms with van der Waals surface area (Å²) >= 11 is 4.28. The third kappa shape index (κ3) is 5.64. The van der Waals surface area contributed by atoms with Crippen LogP contribution in [0.1, 0.15) is 12.5 Å². The molecule has 0 heterocycles. The molecule has 27 heavy (non-hydrogen) atoms. The highest BCUT2D eigenvalue weighted by Gasteiger charge is 2.13. The maximum atomic E-state index is 12.3. The van der Waals surface area contributed by atoms with Gasteiger partial charge in [0, 0.05) is 17.8 Å². The van der Waals surface area contributed by atoms with Gasteiger partial charge in [-0.3, -0.25) is 14.9 Å². The number of halogens is 2. The van der Waals surface area contributed by atoms with Crippen molar-refractivity contribution in [2.75, 3.05) is 11.9 Å². The lowest BCUT2D eigenvalue weighted by atomic mass is 10.1. The van der Waals surface area contributed by atoms with Crippen LogP contribution in [-0.2, 0) is 4.79 Å². The summed E-state index contributed by atoms with van der Waals surface area (Å²) in [5, 5.41) is 22.6. The number of rotatable bonds is 6. The Morgan fingerprint density at radius 1 is 1.30 bits per heavy atom. The van der Waals surface area contributed by atoms with E-state index in [1.807, 2.05) is 25.1 Å². The van der Waals surface area contributed by atoms with Gasteiger partial charge >= 0.3 is 0 Å². The predicted molar refractivity (Wildman–Crippen MR) is 118 cm³/mol. The molecule has 1 N–H and O–H groups in total. The third-order valence-corrected chi connectivity index (χ3v) is 4.92. The van der Waals surface area contributed by atoms with E-state index in [0.717, 1.165) is 12.9 Å². The first-order chi connectivity index (χ1) is 12.8. The number of nitrogens with one attached hydrogen (secondary N) is 1. The lowest BCUT2D eigenvalue weighted by Crippen LogP contribution is -2.13. The van der Waals surface area contributed by atoms with Crippen LogP contribution in [0.5, 0.6) is 5.75 Å². The van der Waals surface area contributed by atoms with Gasteiger partial charge in [-0.25, -0.2) is 0 Å². The van der Waals surface area contributed by atoms with E-state index in [-0.39, 0.29) is 11.3 Å². The van der Waals surface area contributed by atoms with E-state index in [1.165, 1.54) is 30.3 Å². The molecule has 0 aliphatic heterocycles. The summed E-state index contributed by atoms with van der Waals surface area (Å²) in [5.74, 6) is 0.176. The van der Waals surface area contributed by atoms with Crippen LogP contribution in [-0.4, -0.2) is 17.4 Å². The Labute approximate surface area is 182 Å². The Balaban J connectivity index is 2.24. The summed E-state index contributed by atoms with van der Waals surface area (Å²) in [5.41, 5.74) is 0.900. The molecule has 138 valence electrons. The smallest absolute Gasteiger partial charge is 0.269 e. The molecule has 0 fully saturated rings. The Kier molecular flexibility index (Phi) is 7.55. The number of hydrogen-bond acceptors (Lipinski definition) is 5. The average molecular weight is 589 g/mol. The number of ether oxygens (including phenoxy) is 1.